The Bertz CT molecular complexity index is 328. The summed E-state index contributed by atoms with van der Waals surface area (Å²) in [5.74, 6) is -1.12. The second-order valence-electron chi connectivity index (χ2n) is 6.08. The molecule has 0 aromatic heterocycles. The fraction of sp³-hybridized carbons (Fsp3) is 0.867. The van der Waals surface area contributed by atoms with Crippen molar-refractivity contribution in [1.82, 2.24) is 10.6 Å². The molecule has 1 aliphatic carbocycles. The number of carbonyl (C=O) groups is 2. The highest BCUT2D eigenvalue weighted by Crippen LogP contribution is 2.20. The maximum Gasteiger partial charge on any atom is 0.314 e. The van der Waals surface area contributed by atoms with Crippen molar-refractivity contribution in [2.75, 3.05) is 19.7 Å². The molecule has 3 N–H and O–H groups in total. The third-order valence-electron chi connectivity index (χ3n) is 3.66. The number of rotatable bonds is 9. The molecule has 6 nitrogen and oxygen atoms in total. The Balaban J connectivity index is 2.09. The molecular formula is C15H28N2O4. The van der Waals surface area contributed by atoms with Gasteiger partial charge in [0.25, 0.3) is 0 Å². The molecule has 6 heteroatoms. The standard InChI is InChI=1S/C15H28N2O4/c1-11(2)9-12(14(18)19)10-17-15(20)16-7-8-21-13-5-3-4-6-13/h11-13H,3-10H2,1-2H3,(H,18,19)(H2,16,17,20). The number of carboxylic acids is 1. The number of carboxylic acid groups (broad SMARTS) is 1. The van der Waals surface area contributed by atoms with Gasteiger partial charge in [-0.3, -0.25) is 4.79 Å². The second-order valence-corrected chi connectivity index (χ2v) is 6.08. The van der Waals surface area contributed by atoms with Gasteiger partial charge in [-0.15, -0.1) is 0 Å². The van der Waals surface area contributed by atoms with Crippen LogP contribution in [0.2, 0.25) is 0 Å². The van der Waals surface area contributed by atoms with E-state index in [1.165, 1.54) is 12.8 Å². The molecule has 21 heavy (non-hydrogen) atoms. The minimum Gasteiger partial charge on any atom is -0.481 e. The van der Waals surface area contributed by atoms with Crippen molar-refractivity contribution >= 4 is 12.0 Å². The van der Waals surface area contributed by atoms with Gasteiger partial charge >= 0.3 is 12.0 Å². The molecule has 0 aromatic rings. The van der Waals surface area contributed by atoms with Crippen molar-refractivity contribution in [3.63, 3.8) is 0 Å². The number of nitrogens with one attached hydrogen (secondary N) is 2. The molecule has 1 aliphatic rings. The second kappa shape index (κ2) is 9.60. The first-order valence-electron chi connectivity index (χ1n) is 7.85. The zero-order valence-corrected chi connectivity index (χ0v) is 13.1. The Hall–Kier alpha value is -1.30. The van der Waals surface area contributed by atoms with Gasteiger partial charge in [0.05, 0.1) is 18.6 Å². The van der Waals surface area contributed by atoms with Crippen molar-refractivity contribution in [2.45, 2.75) is 52.1 Å². The van der Waals surface area contributed by atoms with Gasteiger partial charge in [-0.1, -0.05) is 26.7 Å². The molecule has 0 aliphatic heterocycles. The Morgan fingerprint density at radius 3 is 2.48 bits per heavy atom. The SMILES string of the molecule is CC(C)CC(CNC(=O)NCCOC1CCCC1)C(=O)O. The quantitative estimate of drug-likeness (QED) is 0.568. The van der Waals surface area contributed by atoms with Crippen LogP contribution in [-0.4, -0.2) is 42.9 Å². The monoisotopic (exact) mass is 300 g/mol. The molecule has 0 saturated heterocycles. The molecule has 2 amide bonds. The Morgan fingerprint density at radius 2 is 1.90 bits per heavy atom. The van der Waals surface area contributed by atoms with Crippen molar-refractivity contribution in [1.29, 1.82) is 0 Å². The molecule has 0 aromatic carbocycles. The maximum atomic E-state index is 11.6. The highest BCUT2D eigenvalue weighted by molar-refractivity contribution is 5.75. The van der Waals surface area contributed by atoms with Crippen LogP contribution in [0, 0.1) is 11.8 Å². The summed E-state index contributed by atoms with van der Waals surface area (Å²) in [5.41, 5.74) is 0. The van der Waals surface area contributed by atoms with Crippen molar-refractivity contribution < 1.29 is 19.4 Å². The van der Waals surface area contributed by atoms with Gasteiger partial charge in [0.2, 0.25) is 0 Å². The summed E-state index contributed by atoms with van der Waals surface area (Å²) in [7, 11) is 0. The number of amides is 2. The predicted molar refractivity (Wildman–Crippen MR) is 80.2 cm³/mol. The lowest BCUT2D eigenvalue weighted by molar-refractivity contribution is -0.142. The van der Waals surface area contributed by atoms with E-state index < -0.39 is 11.9 Å². The molecule has 1 saturated carbocycles. The zero-order chi connectivity index (χ0) is 15.7. The van der Waals surface area contributed by atoms with Gasteiger partial charge in [0.1, 0.15) is 0 Å². The number of aliphatic carboxylic acids is 1. The largest absolute Gasteiger partial charge is 0.481 e. The highest BCUT2D eigenvalue weighted by atomic mass is 16.5. The smallest absolute Gasteiger partial charge is 0.314 e. The Kier molecular flexibility index (Phi) is 8.12. The van der Waals surface area contributed by atoms with Gasteiger partial charge in [-0.2, -0.15) is 0 Å². The fourth-order valence-electron chi connectivity index (χ4n) is 2.56. The van der Waals surface area contributed by atoms with E-state index in [0.717, 1.165) is 12.8 Å². The molecule has 1 fully saturated rings. The third kappa shape index (κ3) is 7.90. The molecule has 1 rings (SSSR count). The number of urea groups is 1. The van der Waals surface area contributed by atoms with Crippen LogP contribution in [0.15, 0.2) is 0 Å². The van der Waals surface area contributed by atoms with Gasteiger partial charge in [0.15, 0.2) is 0 Å². The first-order chi connectivity index (χ1) is 9.99. The number of hydrogen-bond acceptors (Lipinski definition) is 3. The van der Waals surface area contributed by atoms with E-state index >= 15 is 0 Å². The highest BCUT2D eigenvalue weighted by Gasteiger charge is 2.19. The summed E-state index contributed by atoms with van der Waals surface area (Å²) in [5, 5.41) is 14.4. The first kappa shape index (κ1) is 17.8. The van der Waals surface area contributed by atoms with Crippen LogP contribution in [0.5, 0.6) is 0 Å². The van der Waals surface area contributed by atoms with Crippen LogP contribution in [0.1, 0.15) is 46.0 Å². The van der Waals surface area contributed by atoms with Gasteiger partial charge in [-0.05, 0) is 25.2 Å². The molecule has 0 heterocycles. The number of ether oxygens (including phenoxy) is 1. The van der Waals surface area contributed by atoms with Crippen LogP contribution in [0.3, 0.4) is 0 Å². The fourth-order valence-corrected chi connectivity index (χ4v) is 2.56. The molecule has 0 bridgehead atoms. The maximum absolute atomic E-state index is 11.6. The van der Waals surface area contributed by atoms with E-state index in [4.69, 9.17) is 9.84 Å². The van der Waals surface area contributed by atoms with Crippen LogP contribution in [0.25, 0.3) is 0 Å². The zero-order valence-electron chi connectivity index (χ0n) is 13.1. The summed E-state index contributed by atoms with van der Waals surface area (Å²) in [4.78, 5) is 22.6. The number of carbonyl (C=O) groups excluding carboxylic acids is 1. The molecule has 122 valence electrons. The van der Waals surface area contributed by atoms with Gasteiger partial charge in [0, 0.05) is 13.1 Å². The normalized spacial score (nSPS) is 16.9. The van der Waals surface area contributed by atoms with E-state index in [1.54, 1.807) is 0 Å². The summed E-state index contributed by atoms with van der Waals surface area (Å²) >= 11 is 0. The average Bonchev–Trinajstić information content (AvgIpc) is 2.92. The van der Waals surface area contributed by atoms with Crippen molar-refractivity contribution in [3.05, 3.63) is 0 Å². The molecular weight excluding hydrogens is 272 g/mol. The van der Waals surface area contributed by atoms with E-state index in [2.05, 4.69) is 10.6 Å². The lowest BCUT2D eigenvalue weighted by Crippen LogP contribution is -2.41. The van der Waals surface area contributed by atoms with E-state index in [-0.39, 0.29) is 18.5 Å². The third-order valence-corrected chi connectivity index (χ3v) is 3.66. The van der Waals surface area contributed by atoms with Crippen LogP contribution in [0.4, 0.5) is 4.79 Å². The van der Waals surface area contributed by atoms with E-state index in [9.17, 15) is 9.59 Å². The summed E-state index contributed by atoms with van der Waals surface area (Å²) < 4.78 is 5.63. The topological polar surface area (TPSA) is 87.7 Å². The summed E-state index contributed by atoms with van der Waals surface area (Å²) in [6.07, 6.45) is 5.58. The minimum atomic E-state index is -0.867. The number of hydrogen-bond donors (Lipinski definition) is 3. The molecule has 1 atom stereocenters. The molecule has 1 unspecified atom stereocenters. The lowest BCUT2D eigenvalue weighted by atomic mass is 9.97. The van der Waals surface area contributed by atoms with E-state index in [1.807, 2.05) is 13.8 Å². The lowest BCUT2D eigenvalue weighted by Gasteiger charge is -2.16. The van der Waals surface area contributed by atoms with Crippen LogP contribution in [-0.2, 0) is 9.53 Å². The summed E-state index contributed by atoms with van der Waals surface area (Å²) in [6, 6.07) is -0.333. The average molecular weight is 300 g/mol. The Morgan fingerprint density at radius 1 is 1.24 bits per heavy atom. The van der Waals surface area contributed by atoms with Crippen LogP contribution < -0.4 is 10.6 Å². The minimum absolute atomic E-state index is 0.156. The van der Waals surface area contributed by atoms with Crippen LogP contribution >= 0.6 is 0 Å². The molecule has 0 spiro atoms. The first-order valence-corrected chi connectivity index (χ1v) is 7.85. The predicted octanol–water partition coefficient (Wildman–Crippen LogP) is 1.99. The van der Waals surface area contributed by atoms with Crippen molar-refractivity contribution in [3.8, 4) is 0 Å². The summed E-state index contributed by atoms with van der Waals surface area (Å²) in [6.45, 7) is 5.05. The molecule has 0 radical (unpaired) electrons. The Labute approximate surface area is 126 Å². The van der Waals surface area contributed by atoms with Gasteiger partial charge < -0.3 is 20.5 Å². The van der Waals surface area contributed by atoms with Gasteiger partial charge in [-0.25, -0.2) is 4.79 Å². The van der Waals surface area contributed by atoms with Crippen molar-refractivity contribution in [2.24, 2.45) is 11.8 Å². The van der Waals surface area contributed by atoms with E-state index in [0.29, 0.717) is 25.7 Å².